The number of nitrogens with zero attached hydrogens (tertiary/aromatic N) is 1. The first kappa shape index (κ1) is 16.0. The Bertz CT molecular complexity index is 529. The van der Waals surface area contributed by atoms with Crippen molar-refractivity contribution in [1.29, 1.82) is 0 Å². The van der Waals surface area contributed by atoms with Crippen LogP contribution in [0.25, 0.3) is 0 Å². The van der Waals surface area contributed by atoms with Gasteiger partial charge in [0, 0.05) is 32.6 Å². The highest BCUT2D eigenvalue weighted by Gasteiger charge is 2.17. The van der Waals surface area contributed by atoms with Gasteiger partial charge < -0.3 is 13.6 Å². The monoisotopic (exact) mass is 283 g/mol. The molecule has 1 aromatic rings. The van der Waals surface area contributed by atoms with E-state index < -0.39 is 7.60 Å². The second-order valence-corrected chi connectivity index (χ2v) is 6.21. The molecule has 0 bridgehead atoms. The van der Waals surface area contributed by atoms with Gasteiger partial charge >= 0.3 is 7.60 Å². The first-order valence-electron chi connectivity index (χ1n) is 6.43. The molecule has 19 heavy (non-hydrogen) atoms. The van der Waals surface area contributed by atoms with Crippen molar-refractivity contribution in [3.8, 4) is 11.6 Å². The summed E-state index contributed by atoms with van der Waals surface area (Å²) in [5.41, 5.74) is 6.02. The molecule has 0 atom stereocenters. The summed E-state index contributed by atoms with van der Waals surface area (Å²) in [5.74, 6) is 2.91. The maximum atomic E-state index is 11.9. The second-order valence-electron chi connectivity index (χ2n) is 4.26. The van der Waals surface area contributed by atoms with Gasteiger partial charge in [0.25, 0.3) is 0 Å². The Balaban J connectivity index is 3.17. The lowest BCUT2D eigenvalue weighted by atomic mass is 10.1. The Morgan fingerprint density at radius 3 is 2.42 bits per heavy atom. The topological polar surface area (TPSA) is 40.5 Å². The first-order valence-corrected chi connectivity index (χ1v) is 7.97. The third-order valence-electron chi connectivity index (χ3n) is 3.12. The summed E-state index contributed by atoms with van der Waals surface area (Å²) in [5, 5.41) is 0. The van der Waals surface area contributed by atoms with Gasteiger partial charge in [-0.1, -0.05) is 20.3 Å². The molecule has 1 aromatic heterocycles. The zero-order valence-corrected chi connectivity index (χ0v) is 13.2. The summed E-state index contributed by atoms with van der Waals surface area (Å²) in [7, 11) is 1.39. The molecule has 0 radical (unpaired) electrons. The lowest BCUT2D eigenvalue weighted by molar-refractivity contribution is 0.288. The lowest BCUT2D eigenvalue weighted by Crippen LogP contribution is -2.00. The van der Waals surface area contributed by atoms with Crippen LogP contribution >= 0.6 is 7.60 Å². The SMILES string of the molecule is CCCc1c(CC)cc(C#CP(=O)(OC)OC)n1C. The van der Waals surface area contributed by atoms with Crippen molar-refractivity contribution in [3.63, 3.8) is 0 Å². The Morgan fingerprint density at radius 1 is 1.32 bits per heavy atom. The molecule has 106 valence electrons. The molecule has 0 unspecified atom stereocenters. The third-order valence-corrected chi connectivity index (χ3v) is 4.46. The zero-order valence-electron chi connectivity index (χ0n) is 12.3. The van der Waals surface area contributed by atoms with Crippen molar-refractivity contribution in [2.45, 2.75) is 33.1 Å². The van der Waals surface area contributed by atoms with E-state index in [1.807, 2.05) is 13.1 Å². The van der Waals surface area contributed by atoms with Gasteiger partial charge in [-0.2, -0.15) is 0 Å². The summed E-state index contributed by atoms with van der Waals surface area (Å²) in [6.45, 7) is 4.28. The van der Waals surface area contributed by atoms with E-state index in [2.05, 4.69) is 30.0 Å². The minimum absolute atomic E-state index is 0.842. The van der Waals surface area contributed by atoms with Gasteiger partial charge in [0.2, 0.25) is 0 Å². The Kier molecular flexibility index (Phi) is 5.87. The van der Waals surface area contributed by atoms with E-state index in [0.717, 1.165) is 25.0 Å². The Morgan fingerprint density at radius 2 is 1.95 bits per heavy atom. The summed E-state index contributed by atoms with van der Waals surface area (Å²) < 4.78 is 23.6. The molecular formula is C14H22NO3P. The molecule has 0 aliphatic carbocycles. The van der Waals surface area contributed by atoms with Crippen LogP contribution in [0.1, 0.15) is 37.2 Å². The van der Waals surface area contributed by atoms with Crippen molar-refractivity contribution < 1.29 is 13.6 Å². The van der Waals surface area contributed by atoms with E-state index in [1.54, 1.807) is 0 Å². The molecule has 0 aromatic carbocycles. The highest BCUT2D eigenvalue weighted by Crippen LogP contribution is 2.44. The van der Waals surface area contributed by atoms with Crippen LogP contribution < -0.4 is 0 Å². The molecule has 1 rings (SSSR count). The van der Waals surface area contributed by atoms with Crippen LogP contribution in [0.2, 0.25) is 0 Å². The minimum Gasteiger partial charge on any atom is -0.341 e. The number of hydrogen-bond acceptors (Lipinski definition) is 3. The third kappa shape index (κ3) is 3.73. The Hall–Kier alpha value is -1.01. The lowest BCUT2D eigenvalue weighted by Gasteiger charge is -2.06. The van der Waals surface area contributed by atoms with Gasteiger partial charge in [-0.25, -0.2) is 4.57 Å². The molecule has 0 fully saturated rings. The van der Waals surface area contributed by atoms with Crippen molar-refractivity contribution in [2.24, 2.45) is 7.05 Å². The van der Waals surface area contributed by atoms with Crippen LogP contribution in [-0.2, 0) is 33.5 Å². The van der Waals surface area contributed by atoms with E-state index in [0.29, 0.717) is 0 Å². The van der Waals surface area contributed by atoms with Gasteiger partial charge in [-0.15, -0.1) is 0 Å². The normalized spacial score (nSPS) is 11.2. The largest absolute Gasteiger partial charge is 0.405 e. The van der Waals surface area contributed by atoms with Gasteiger partial charge in [-0.05, 0) is 30.4 Å². The molecular weight excluding hydrogens is 261 g/mol. The van der Waals surface area contributed by atoms with Crippen molar-refractivity contribution in [2.75, 3.05) is 14.2 Å². The maximum Gasteiger partial charge on any atom is 0.405 e. The predicted molar refractivity (Wildman–Crippen MR) is 77.3 cm³/mol. The van der Waals surface area contributed by atoms with Crippen LogP contribution in [0.5, 0.6) is 0 Å². The van der Waals surface area contributed by atoms with Crippen molar-refractivity contribution >= 4 is 7.60 Å². The fourth-order valence-electron chi connectivity index (χ4n) is 1.99. The summed E-state index contributed by atoms with van der Waals surface area (Å²) >= 11 is 0. The van der Waals surface area contributed by atoms with E-state index in [9.17, 15) is 4.57 Å². The Labute approximate surface area is 115 Å². The smallest absolute Gasteiger partial charge is 0.341 e. The molecule has 5 heteroatoms. The average Bonchev–Trinajstić information content (AvgIpc) is 2.73. The number of aromatic nitrogens is 1. The van der Waals surface area contributed by atoms with E-state index in [4.69, 9.17) is 9.05 Å². The quantitative estimate of drug-likeness (QED) is 0.614. The standard InChI is InChI=1S/C14H22NO3P/c1-6-8-14-12(7-2)11-13(15(14)3)9-10-19(16,17-4)18-5/h11H,6-8H2,1-5H3. The molecule has 0 aliphatic rings. The number of hydrogen-bond donors (Lipinski definition) is 0. The van der Waals surface area contributed by atoms with Crippen LogP contribution in [0, 0.1) is 11.6 Å². The van der Waals surface area contributed by atoms with Gasteiger partial charge in [0.1, 0.15) is 0 Å². The number of rotatable bonds is 5. The van der Waals surface area contributed by atoms with Gasteiger partial charge in [0.05, 0.1) is 5.69 Å². The maximum absolute atomic E-state index is 11.9. The van der Waals surface area contributed by atoms with Gasteiger partial charge in [-0.3, -0.25) is 0 Å². The van der Waals surface area contributed by atoms with Crippen LogP contribution in [-0.4, -0.2) is 18.8 Å². The summed E-state index contributed by atoms with van der Waals surface area (Å²) in [6, 6.07) is 2.05. The van der Waals surface area contributed by atoms with Crippen LogP contribution in [0.4, 0.5) is 0 Å². The molecule has 0 N–H and O–H groups in total. The predicted octanol–water partition coefficient (Wildman–Crippen LogP) is 3.33. The van der Waals surface area contributed by atoms with E-state index in [1.165, 1.54) is 25.5 Å². The molecule has 0 amide bonds. The zero-order chi connectivity index (χ0) is 14.5. The highest BCUT2D eigenvalue weighted by atomic mass is 31.2. The molecule has 0 saturated carbocycles. The van der Waals surface area contributed by atoms with Crippen LogP contribution in [0.15, 0.2) is 6.07 Å². The van der Waals surface area contributed by atoms with Gasteiger partial charge in [0.15, 0.2) is 0 Å². The second kappa shape index (κ2) is 6.96. The molecule has 0 saturated heterocycles. The first-order chi connectivity index (χ1) is 9.01. The minimum atomic E-state index is -3.27. The fraction of sp³-hybridized carbons (Fsp3) is 0.571. The number of aryl methyl sites for hydroxylation is 1. The summed E-state index contributed by atoms with van der Waals surface area (Å²) in [6.07, 6.45) is 3.08. The van der Waals surface area contributed by atoms with Crippen molar-refractivity contribution in [1.82, 2.24) is 4.57 Å². The molecule has 0 aliphatic heterocycles. The molecule has 0 spiro atoms. The van der Waals surface area contributed by atoms with E-state index in [-0.39, 0.29) is 0 Å². The molecule has 1 heterocycles. The van der Waals surface area contributed by atoms with Crippen LogP contribution in [0.3, 0.4) is 0 Å². The molecule has 4 nitrogen and oxygen atoms in total. The fourth-order valence-corrected chi connectivity index (χ4v) is 2.57. The highest BCUT2D eigenvalue weighted by molar-refractivity contribution is 7.59. The van der Waals surface area contributed by atoms with Crippen molar-refractivity contribution in [3.05, 3.63) is 23.0 Å². The van der Waals surface area contributed by atoms with E-state index >= 15 is 0 Å². The summed E-state index contributed by atoms with van der Waals surface area (Å²) in [4.78, 5) is 0. The average molecular weight is 283 g/mol.